The molecule has 3 heteroatoms. The van der Waals surface area contributed by atoms with Crippen molar-refractivity contribution in [1.29, 1.82) is 0 Å². The molecule has 0 amide bonds. The van der Waals surface area contributed by atoms with Gasteiger partial charge in [0.2, 0.25) is 0 Å². The van der Waals surface area contributed by atoms with Crippen LogP contribution in [-0.4, -0.2) is 16.0 Å². The van der Waals surface area contributed by atoms with Crippen LogP contribution in [0.25, 0.3) is 0 Å². The van der Waals surface area contributed by atoms with E-state index in [0.29, 0.717) is 12.0 Å². The summed E-state index contributed by atoms with van der Waals surface area (Å²) >= 11 is 0. The molecule has 3 nitrogen and oxygen atoms in total. The number of phenols is 2. The summed E-state index contributed by atoms with van der Waals surface area (Å²) in [5.74, 6) is 0.638. The third-order valence-electron chi connectivity index (χ3n) is 4.47. The minimum absolute atomic E-state index is 0.0201. The van der Waals surface area contributed by atoms with E-state index in [0.717, 1.165) is 18.8 Å². The highest BCUT2D eigenvalue weighted by Crippen LogP contribution is 2.24. The Bertz CT molecular complexity index is 480. The molecule has 0 fully saturated rings. The van der Waals surface area contributed by atoms with E-state index in [-0.39, 0.29) is 17.3 Å². The molecule has 0 heterocycles. The Kier molecular flexibility index (Phi) is 10.2. The van der Waals surface area contributed by atoms with Gasteiger partial charge in [0.05, 0.1) is 5.56 Å². The van der Waals surface area contributed by atoms with E-state index in [1.165, 1.54) is 69.6 Å². The number of carbonyl (C=O) groups excluding carboxylic acids is 1. The largest absolute Gasteiger partial charge is 0.508 e. The van der Waals surface area contributed by atoms with Crippen LogP contribution >= 0.6 is 0 Å². The summed E-state index contributed by atoms with van der Waals surface area (Å²) in [6.45, 7) is 4.57. The maximum atomic E-state index is 12.0. The van der Waals surface area contributed by atoms with Gasteiger partial charge in [0.15, 0.2) is 5.78 Å². The van der Waals surface area contributed by atoms with Crippen molar-refractivity contribution in [2.45, 2.75) is 84.5 Å². The van der Waals surface area contributed by atoms with Crippen molar-refractivity contribution in [3.63, 3.8) is 0 Å². The van der Waals surface area contributed by atoms with Gasteiger partial charge >= 0.3 is 0 Å². The van der Waals surface area contributed by atoms with Gasteiger partial charge in [-0.3, -0.25) is 4.79 Å². The molecule has 0 radical (unpaired) electrons. The van der Waals surface area contributed by atoms with Crippen molar-refractivity contribution in [2.24, 2.45) is 5.92 Å². The fraction of sp³-hybridized carbons (Fsp3) is 0.667. The van der Waals surface area contributed by atoms with Crippen LogP contribution in [0.15, 0.2) is 18.2 Å². The maximum Gasteiger partial charge on any atom is 0.166 e. The van der Waals surface area contributed by atoms with Gasteiger partial charge in [-0.2, -0.15) is 0 Å². The van der Waals surface area contributed by atoms with Gasteiger partial charge in [-0.25, -0.2) is 0 Å². The van der Waals surface area contributed by atoms with Crippen molar-refractivity contribution in [2.75, 3.05) is 0 Å². The molecule has 2 N–H and O–H groups in total. The lowest BCUT2D eigenvalue weighted by molar-refractivity contribution is 0.0976. The predicted octanol–water partition coefficient (Wildman–Crippen LogP) is 6.23. The molecule has 0 saturated heterocycles. The van der Waals surface area contributed by atoms with Gasteiger partial charge in [0, 0.05) is 12.5 Å². The van der Waals surface area contributed by atoms with Crippen LogP contribution in [0.3, 0.4) is 0 Å². The molecule has 0 unspecified atom stereocenters. The third kappa shape index (κ3) is 8.95. The van der Waals surface area contributed by atoms with E-state index in [1.54, 1.807) is 0 Å². The first kappa shape index (κ1) is 20.5. The summed E-state index contributed by atoms with van der Waals surface area (Å²) in [6.07, 6.45) is 12.9. The topological polar surface area (TPSA) is 57.5 Å². The lowest BCUT2D eigenvalue weighted by atomic mass is 10.0. The van der Waals surface area contributed by atoms with Crippen molar-refractivity contribution in [3.05, 3.63) is 23.8 Å². The number of hydrogen-bond acceptors (Lipinski definition) is 3. The number of phenolic OH excluding ortho intramolecular Hbond substituents is 2. The zero-order chi connectivity index (χ0) is 17.8. The zero-order valence-electron chi connectivity index (χ0n) is 15.4. The van der Waals surface area contributed by atoms with Crippen molar-refractivity contribution in [3.8, 4) is 11.5 Å². The number of carbonyl (C=O) groups is 1. The second-order valence-corrected chi connectivity index (χ2v) is 7.24. The molecular weight excluding hydrogens is 300 g/mol. The number of aromatic hydroxyl groups is 2. The summed E-state index contributed by atoms with van der Waals surface area (Å²) in [5, 5.41) is 18.9. The predicted molar refractivity (Wildman–Crippen MR) is 99.7 cm³/mol. The van der Waals surface area contributed by atoms with Gasteiger partial charge in [-0.05, 0) is 24.5 Å². The second kappa shape index (κ2) is 11.9. The van der Waals surface area contributed by atoms with Crippen LogP contribution in [0.2, 0.25) is 0 Å². The molecule has 1 aromatic carbocycles. The van der Waals surface area contributed by atoms with Gasteiger partial charge in [0.25, 0.3) is 0 Å². The average Bonchev–Trinajstić information content (AvgIpc) is 2.52. The summed E-state index contributed by atoms with van der Waals surface area (Å²) < 4.78 is 0. The molecule has 0 aliphatic heterocycles. The standard InChI is InChI=1S/C21H34O3/c1-17(2)12-10-8-6-4-3-5-7-9-11-13-20(23)19-15-14-18(22)16-21(19)24/h14-17,22,24H,3-13H2,1-2H3. The first-order valence-electron chi connectivity index (χ1n) is 9.56. The van der Waals surface area contributed by atoms with Crippen molar-refractivity contribution < 1.29 is 15.0 Å². The smallest absolute Gasteiger partial charge is 0.166 e. The number of unbranched alkanes of at least 4 members (excludes halogenated alkanes) is 8. The van der Waals surface area contributed by atoms with E-state index in [9.17, 15) is 15.0 Å². The molecule has 0 spiro atoms. The molecule has 0 aromatic heterocycles. The van der Waals surface area contributed by atoms with E-state index in [1.807, 2.05) is 0 Å². The highest BCUT2D eigenvalue weighted by Gasteiger charge is 2.11. The molecule has 0 atom stereocenters. The Morgan fingerprint density at radius 1 is 0.875 bits per heavy atom. The average molecular weight is 334 g/mol. The Morgan fingerprint density at radius 3 is 1.96 bits per heavy atom. The molecule has 136 valence electrons. The molecule has 0 saturated carbocycles. The summed E-state index contributed by atoms with van der Waals surface area (Å²) in [4.78, 5) is 12.0. The van der Waals surface area contributed by atoms with Gasteiger partial charge in [-0.1, -0.05) is 71.6 Å². The molecule has 1 aromatic rings. The minimum atomic E-state index is -0.127. The first-order valence-corrected chi connectivity index (χ1v) is 9.56. The molecule has 1 rings (SSSR count). The monoisotopic (exact) mass is 334 g/mol. The SMILES string of the molecule is CC(C)CCCCCCCCCCCC(=O)c1ccc(O)cc1O. The number of benzene rings is 1. The second-order valence-electron chi connectivity index (χ2n) is 7.24. The Labute approximate surface area is 147 Å². The summed E-state index contributed by atoms with van der Waals surface area (Å²) in [6, 6.07) is 4.15. The van der Waals surface area contributed by atoms with Crippen LogP contribution in [0.4, 0.5) is 0 Å². The maximum absolute atomic E-state index is 12.0. The van der Waals surface area contributed by atoms with Crippen LogP contribution in [-0.2, 0) is 0 Å². The Morgan fingerprint density at radius 2 is 1.42 bits per heavy atom. The highest BCUT2D eigenvalue weighted by atomic mass is 16.3. The lowest BCUT2D eigenvalue weighted by Gasteiger charge is -2.05. The van der Waals surface area contributed by atoms with Gasteiger partial charge < -0.3 is 10.2 Å². The van der Waals surface area contributed by atoms with Crippen LogP contribution in [0.5, 0.6) is 11.5 Å². The fourth-order valence-corrected chi connectivity index (χ4v) is 2.97. The van der Waals surface area contributed by atoms with Crippen molar-refractivity contribution in [1.82, 2.24) is 0 Å². The quantitative estimate of drug-likeness (QED) is 0.332. The van der Waals surface area contributed by atoms with Crippen molar-refractivity contribution >= 4 is 5.78 Å². The molecule has 0 aliphatic carbocycles. The summed E-state index contributed by atoms with van der Waals surface area (Å²) in [7, 11) is 0. The highest BCUT2D eigenvalue weighted by molar-refractivity contribution is 5.98. The van der Waals surface area contributed by atoms with Crippen LogP contribution in [0, 0.1) is 5.92 Å². The van der Waals surface area contributed by atoms with Gasteiger partial charge in [-0.15, -0.1) is 0 Å². The van der Waals surface area contributed by atoms with Crippen LogP contribution < -0.4 is 0 Å². The fourth-order valence-electron chi connectivity index (χ4n) is 2.97. The van der Waals surface area contributed by atoms with E-state index in [4.69, 9.17) is 0 Å². The van der Waals surface area contributed by atoms with Gasteiger partial charge in [0.1, 0.15) is 11.5 Å². The third-order valence-corrected chi connectivity index (χ3v) is 4.47. The molecule has 0 bridgehead atoms. The Balaban J connectivity index is 1.99. The van der Waals surface area contributed by atoms with E-state index in [2.05, 4.69) is 13.8 Å². The van der Waals surface area contributed by atoms with E-state index >= 15 is 0 Å². The zero-order valence-corrected chi connectivity index (χ0v) is 15.4. The molecule has 0 aliphatic rings. The minimum Gasteiger partial charge on any atom is -0.508 e. The lowest BCUT2D eigenvalue weighted by Crippen LogP contribution is -1.99. The summed E-state index contributed by atoms with van der Waals surface area (Å²) in [5.41, 5.74) is 0.314. The number of Topliss-reactive ketones (excluding diaryl/α,β-unsaturated/α-hetero) is 1. The number of hydrogen-bond donors (Lipinski definition) is 2. The number of rotatable bonds is 13. The Hall–Kier alpha value is -1.51. The molecular formula is C21H34O3. The van der Waals surface area contributed by atoms with E-state index < -0.39 is 0 Å². The normalized spacial score (nSPS) is 11.1. The molecule has 24 heavy (non-hydrogen) atoms. The number of ketones is 1. The van der Waals surface area contributed by atoms with Crippen LogP contribution in [0.1, 0.15) is 94.8 Å². The first-order chi connectivity index (χ1) is 11.5.